The van der Waals surface area contributed by atoms with E-state index in [2.05, 4.69) is 22.1 Å². The number of rotatable bonds is 4. The summed E-state index contributed by atoms with van der Waals surface area (Å²) in [5, 5.41) is 3.38. The van der Waals surface area contributed by atoms with Crippen LogP contribution in [-0.4, -0.2) is 59.5 Å². The van der Waals surface area contributed by atoms with E-state index in [1.165, 1.54) is 12.8 Å². The van der Waals surface area contributed by atoms with Crippen molar-refractivity contribution >= 4 is 11.6 Å². The van der Waals surface area contributed by atoms with Crippen LogP contribution in [-0.2, 0) is 0 Å². The van der Waals surface area contributed by atoms with E-state index < -0.39 is 0 Å². The predicted molar refractivity (Wildman–Crippen MR) is 78.9 cm³/mol. The molecule has 1 saturated heterocycles. The minimum Gasteiger partial charge on any atom is -0.381 e. The van der Waals surface area contributed by atoms with Gasteiger partial charge in [0.2, 0.25) is 0 Å². The highest BCUT2D eigenvalue weighted by Crippen LogP contribution is 2.24. The molecule has 1 saturated carbocycles. The maximum atomic E-state index is 12.4. The fourth-order valence-electron chi connectivity index (χ4n) is 2.50. The molecule has 0 aromatic carbocycles. The highest BCUT2D eigenvalue weighted by atomic mass is 16.2. The molecule has 0 spiro atoms. The lowest BCUT2D eigenvalue weighted by Crippen LogP contribution is -2.48. The molecule has 0 unspecified atom stereocenters. The summed E-state index contributed by atoms with van der Waals surface area (Å²) in [6.07, 6.45) is 4.25. The lowest BCUT2D eigenvalue weighted by molar-refractivity contribution is 0.0637. The second-order valence-electron chi connectivity index (χ2n) is 5.58. The first-order valence-electron chi connectivity index (χ1n) is 7.50. The molecule has 108 valence electrons. The van der Waals surface area contributed by atoms with Gasteiger partial charge in [-0.3, -0.25) is 4.79 Å². The van der Waals surface area contributed by atoms with Crippen molar-refractivity contribution in [2.45, 2.75) is 25.8 Å². The zero-order chi connectivity index (χ0) is 13.9. The van der Waals surface area contributed by atoms with Crippen molar-refractivity contribution in [3.8, 4) is 0 Å². The highest BCUT2D eigenvalue weighted by molar-refractivity contribution is 5.92. The third-order valence-corrected chi connectivity index (χ3v) is 4.04. The summed E-state index contributed by atoms with van der Waals surface area (Å²) in [5.41, 5.74) is 1.57. The number of nitrogens with zero attached hydrogens (tertiary/aromatic N) is 3. The number of hydrogen-bond donors (Lipinski definition) is 1. The fraction of sp³-hybridized carbons (Fsp3) is 0.600. The first kappa shape index (κ1) is 13.4. The van der Waals surface area contributed by atoms with E-state index in [0.717, 1.165) is 38.4 Å². The third kappa shape index (κ3) is 3.10. The van der Waals surface area contributed by atoms with Crippen LogP contribution in [0.15, 0.2) is 18.3 Å². The van der Waals surface area contributed by atoms with Crippen LogP contribution in [0, 0.1) is 0 Å². The van der Waals surface area contributed by atoms with Gasteiger partial charge in [-0.05, 0) is 31.5 Å². The van der Waals surface area contributed by atoms with Crippen molar-refractivity contribution in [2.75, 3.05) is 38.0 Å². The molecule has 0 bridgehead atoms. The number of nitrogens with one attached hydrogen (secondary N) is 1. The number of carbonyl (C=O) groups is 1. The Labute approximate surface area is 120 Å². The SMILES string of the molecule is CCN1CCN(C(=O)c2ccc(NC3CC3)cn2)CC1. The Morgan fingerprint density at radius 2 is 2.05 bits per heavy atom. The van der Waals surface area contributed by atoms with Gasteiger partial charge in [-0.25, -0.2) is 4.98 Å². The van der Waals surface area contributed by atoms with Crippen LogP contribution in [0.5, 0.6) is 0 Å². The number of pyridine rings is 1. The summed E-state index contributed by atoms with van der Waals surface area (Å²) < 4.78 is 0. The van der Waals surface area contributed by atoms with E-state index in [-0.39, 0.29) is 5.91 Å². The van der Waals surface area contributed by atoms with Crippen LogP contribution in [0.25, 0.3) is 0 Å². The van der Waals surface area contributed by atoms with Gasteiger partial charge in [-0.15, -0.1) is 0 Å². The number of amides is 1. The molecule has 1 N–H and O–H groups in total. The van der Waals surface area contributed by atoms with E-state index in [4.69, 9.17) is 0 Å². The smallest absolute Gasteiger partial charge is 0.272 e. The summed E-state index contributed by atoms with van der Waals surface area (Å²) in [6, 6.07) is 4.40. The summed E-state index contributed by atoms with van der Waals surface area (Å²) in [5.74, 6) is 0.0544. The minimum atomic E-state index is 0.0544. The van der Waals surface area contributed by atoms with Gasteiger partial charge in [-0.2, -0.15) is 0 Å². The van der Waals surface area contributed by atoms with Gasteiger partial charge in [0.25, 0.3) is 5.91 Å². The Kier molecular flexibility index (Phi) is 3.87. The standard InChI is InChI=1S/C15H22N4O/c1-2-18-7-9-19(10-8-18)15(20)14-6-5-13(11-16-14)17-12-3-4-12/h5-6,11-12,17H,2-4,7-10H2,1H3. The maximum Gasteiger partial charge on any atom is 0.272 e. The number of carbonyl (C=O) groups excluding carboxylic acids is 1. The Bertz CT molecular complexity index is 461. The van der Waals surface area contributed by atoms with Crippen LogP contribution in [0.4, 0.5) is 5.69 Å². The molecular weight excluding hydrogens is 252 g/mol. The van der Waals surface area contributed by atoms with Gasteiger partial charge in [0.15, 0.2) is 0 Å². The van der Waals surface area contributed by atoms with Gasteiger partial charge in [0, 0.05) is 32.2 Å². The molecule has 2 heterocycles. The maximum absolute atomic E-state index is 12.4. The molecule has 1 aliphatic carbocycles. The molecule has 1 aliphatic heterocycles. The number of anilines is 1. The summed E-state index contributed by atoms with van der Waals surface area (Å²) >= 11 is 0. The van der Waals surface area contributed by atoms with Gasteiger partial charge in [0.05, 0.1) is 11.9 Å². The van der Waals surface area contributed by atoms with Crippen molar-refractivity contribution in [2.24, 2.45) is 0 Å². The van der Waals surface area contributed by atoms with E-state index >= 15 is 0 Å². The lowest BCUT2D eigenvalue weighted by atomic mass is 10.2. The first-order chi connectivity index (χ1) is 9.76. The van der Waals surface area contributed by atoms with Crippen LogP contribution < -0.4 is 5.32 Å². The zero-order valence-electron chi connectivity index (χ0n) is 12.0. The quantitative estimate of drug-likeness (QED) is 0.902. The van der Waals surface area contributed by atoms with Crippen molar-refractivity contribution in [3.63, 3.8) is 0 Å². The van der Waals surface area contributed by atoms with Crippen LogP contribution in [0.3, 0.4) is 0 Å². The van der Waals surface area contributed by atoms with Gasteiger partial charge in [-0.1, -0.05) is 6.92 Å². The number of piperazine rings is 1. The van der Waals surface area contributed by atoms with E-state index in [1.54, 1.807) is 6.20 Å². The molecule has 0 radical (unpaired) electrons. The first-order valence-corrected chi connectivity index (χ1v) is 7.50. The monoisotopic (exact) mass is 274 g/mol. The Morgan fingerprint density at radius 1 is 1.30 bits per heavy atom. The summed E-state index contributed by atoms with van der Waals surface area (Å²) in [7, 11) is 0. The average Bonchev–Trinajstić information content (AvgIpc) is 3.31. The van der Waals surface area contributed by atoms with Crippen molar-refractivity contribution in [1.82, 2.24) is 14.8 Å². The highest BCUT2D eigenvalue weighted by Gasteiger charge is 2.23. The van der Waals surface area contributed by atoms with Gasteiger partial charge < -0.3 is 15.1 Å². The van der Waals surface area contributed by atoms with Crippen molar-refractivity contribution in [1.29, 1.82) is 0 Å². The average molecular weight is 274 g/mol. The Hall–Kier alpha value is -1.62. The predicted octanol–water partition coefficient (Wildman–Crippen LogP) is 1.43. The topological polar surface area (TPSA) is 48.5 Å². The molecule has 0 atom stereocenters. The number of hydrogen-bond acceptors (Lipinski definition) is 4. The van der Waals surface area contributed by atoms with E-state index in [1.807, 2.05) is 17.0 Å². The van der Waals surface area contributed by atoms with E-state index in [0.29, 0.717) is 11.7 Å². The Morgan fingerprint density at radius 3 is 2.60 bits per heavy atom. The minimum absolute atomic E-state index is 0.0544. The molecule has 20 heavy (non-hydrogen) atoms. The summed E-state index contributed by atoms with van der Waals surface area (Å²) in [6.45, 7) is 6.74. The normalized spacial score (nSPS) is 19.9. The molecule has 2 aliphatic rings. The van der Waals surface area contributed by atoms with Gasteiger partial charge >= 0.3 is 0 Å². The van der Waals surface area contributed by atoms with Crippen molar-refractivity contribution in [3.05, 3.63) is 24.0 Å². The number of aromatic nitrogens is 1. The third-order valence-electron chi connectivity index (χ3n) is 4.04. The van der Waals surface area contributed by atoms with Gasteiger partial charge in [0.1, 0.15) is 5.69 Å². The molecule has 5 nitrogen and oxygen atoms in total. The van der Waals surface area contributed by atoms with Crippen LogP contribution in [0.1, 0.15) is 30.3 Å². The lowest BCUT2D eigenvalue weighted by Gasteiger charge is -2.33. The number of likely N-dealkylation sites (N-methyl/N-ethyl adjacent to an activating group) is 1. The molecular formula is C15H22N4O. The zero-order valence-corrected chi connectivity index (χ0v) is 12.0. The van der Waals surface area contributed by atoms with Crippen LogP contribution in [0.2, 0.25) is 0 Å². The summed E-state index contributed by atoms with van der Waals surface area (Å²) in [4.78, 5) is 20.9. The largest absolute Gasteiger partial charge is 0.381 e. The second kappa shape index (κ2) is 5.79. The van der Waals surface area contributed by atoms with Crippen LogP contribution >= 0.6 is 0 Å². The molecule has 5 heteroatoms. The molecule has 1 aromatic rings. The Balaban J connectivity index is 1.58. The molecule has 2 fully saturated rings. The second-order valence-corrected chi connectivity index (χ2v) is 5.58. The molecule has 3 rings (SSSR count). The fourth-order valence-corrected chi connectivity index (χ4v) is 2.50. The van der Waals surface area contributed by atoms with Crippen molar-refractivity contribution < 1.29 is 4.79 Å². The molecule has 1 aromatic heterocycles. The van der Waals surface area contributed by atoms with E-state index in [9.17, 15) is 4.79 Å². The molecule has 1 amide bonds.